The summed E-state index contributed by atoms with van der Waals surface area (Å²) in [5.41, 5.74) is 2.65. The molecule has 3 aromatic carbocycles. The fourth-order valence-electron chi connectivity index (χ4n) is 4.25. The Morgan fingerprint density at radius 1 is 0.809 bits per heavy atom. The number of anilines is 3. The van der Waals surface area contributed by atoms with Gasteiger partial charge in [0.15, 0.2) is 11.5 Å². The molecule has 0 aliphatic carbocycles. The molecule has 3 aromatic rings. The van der Waals surface area contributed by atoms with Crippen molar-refractivity contribution in [1.82, 2.24) is 10.0 Å². The van der Waals surface area contributed by atoms with Crippen molar-refractivity contribution in [2.24, 2.45) is 0 Å². The number of urea groups is 1. The molecule has 0 heterocycles. The number of hydrogen-bond donors (Lipinski definition) is 6. The molecule has 0 aliphatic rings. The van der Waals surface area contributed by atoms with Crippen LogP contribution in [0.3, 0.4) is 0 Å². The zero-order valence-electron chi connectivity index (χ0n) is 27.0. The number of carbonyl (C=O) groups excluding carboxylic acids is 3. The molecule has 3 rings (SSSR count). The number of aryl methyl sites for hydroxylation is 1. The average Bonchev–Trinajstić information content (AvgIpc) is 3.02. The number of rotatable bonds is 14. The molecule has 2 unspecified atom stereocenters. The van der Waals surface area contributed by atoms with E-state index in [-0.39, 0.29) is 5.75 Å². The van der Waals surface area contributed by atoms with E-state index in [1.807, 2.05) is 32.9 Å². The predicted octanol–water partition coefficient (Wildman–Crippen LogP) is 4.26. The van der Waals surface area contributed by atoms with Gasteiger partial charge in [-0.15, -0.1) is 0 Å². The molecule has 254 valence electrons. The van der Waals surface area contributed by atoms with Crippen LogP contribution in [0.1, 0.15) is 43.9 Å². The predicted molar refractivity (Wildman–Crippen MR) is 179 cm³/mol. The summed E-state index contributed by atoms with van der Waals surface area (Å²) in [6.45, 7) is 5.86. The smallest absolute Gasteiger partial charge is 0.323 e. The van der Waals surface area contributed by atoms with Crippen LogP contribution in [-0.4, -0.2) is 63.9 Å². The van der Waals surface area contributed by atoms with Crippen LogP contribution in [-0.2, 0) is 24.4 Å². The highest BCUT2D eigenvalue weighted by atomic mass is 32.2. The van der Waals surface area contributed by atoms with Gasteiger partial charge in [-0.1, -0.05) is 38.1 Å². The van der Waals surface area contributed by atoms with Crippen LogP contribution in [0, 0.1) is 6.92 Å². The first-order valence-electron chi connectivity index (χ1n) is 14.5. The van der Waals surface area contributed by atoms with Crippen molar-refractivity contribution in [3.63, 3.8) is 0 Å². The number of para-hydroxylation sites is 1. The minimum Gasteiger partial charge on any atom is -0.493 e. The van der Waals surface area contributed by atoms with Crippen molar-refractivity contribution < 1.29 is 42.2 Å². The van der Waals surface area contributed by atoms with Crippen LogP contribution >= 0.6 is 0 Å². The minimum atomic E-state index is -3.96. The molecule has 6 N–H and O–H groups in total. The molecule has 15 heteroatoms. The average molecular weight is 672 g/mol. The Morgan fingerprint density at radius 2 is 1.40 bits per heavy atom. The summed E-state index contributed by atoms with van der Waals surface area (Å²) in [7, 11) is -1.14. The first kappa shape index (κ1) is 38.0. The summed E-state index contributed by atoms with van der Waals surface area (Å²) in [6, 6.07) is 14.8. The molecule has 0 aliphatic heterocycles. The molecule has 0 aromatic heterocycles. The third-order valence-electron chi connectivity index (χ3n) is 6.39. The van der Waals surface area contributed by atoms with Crippen molar-refractivity contribution in [2.75, 3.05) is 36.4 Å². The van der Waals surface area contributed by atoms with E-state index in [4.69, 9.17) is 9.47 Å². The SMILES string of the molecule is CC.COc1ccc(C(CC(=O)O)NC(=O)C(CC(=O)Nc2ccc(NC(=O)Nc3ccccc3C)cc2)NS(C)(=O)=O)cc1OC. The Hall–Kier alpha value is -5.15. The highest BCUT2D eigenvalue weighted by Gasteiger charge is 2.29. The van der Waals surface area contributed by atoms with Crippen LogP contribution < -0.4 is 35.5 Å². The maximum absolute atomic E-state index is 13.2. The van der Waals surface area contributed by atoms with E-state index in [1.165, 1.54) is 44.6 Å². The quantitative estimate of drug-likeness (QED) is 0.145. The lowest BCUT2D eigenvalue weighted by molar-refractivity contribution is -0.138. The third kappa shape index (κ3) is 12.6. The Balaban J connectivity index is 0.00000376. The second-order valence-corrected chi connectivity index (χ2v) is 11.7. The van der Waals surface area contributed by atoms with Crippen LogP contribution in [0.5, 0.6) is 11.5 Å². The summed E-state index contributed by atoms with van der Waals surface area (Å²) in [6.07, 6.45) is -0.318. The van der Waals surface area contributed by atoms with Gasteiger partial charge in [-0.3, -0.25) is 14.4 Å². The largest absolute Gasteiger partial charge is 0.493 e. The summed E-state index contributed by atoms with van der Waals surface area (Å²) in [4.78, 5) is 50.0. The number of carbonyl (C=O) groups is 4. The lowest BCUT2D eigenvalue weighted by atomic mass is 10.0. The van der Waals surface area contributed by atoms with Crippen LogP contribution in [0.4, 0.5) is 21.9 Å². The second-order valence-electron chi connectivity index (χ2n) is 9.94. The van der Waals surface area contributed by atoms with Crippen LogP contribution in [0.25, 0.3) is 0 Å². The Kier molecular flexibility index (Phi) is 14.7. The van der Waals surface area contributed by atoms with Crippen LogP contribution in [0.15, 0.2) is 66.7 Å². The molecule has 0 saturated heterocycles. The Bertz CT molecular complexity index is 1650. The number of carboxylic acid groups (broad SMARTS) is 1. The van der Waals surface area contributed by atoms with Gasteiger partial charge >= 0.3 is 12.0 Å². The number of amides is 4. The van der Waals surface area contributed by atoms with Crippen LogP contribution in [0.2, 0.25) is 0 Å². The third-order valence-corrected chi connectivity index (χ3v) is 7.10. The Labute approximate surface area is 274 Å². The van der Waals surface area contributed by atoms with Crippen molar-refractivity contribution in [3.05, 3.63) is 77.9 Å². The number of carboxylic acids is 1. The lowest BCUT2D eigenvalue weighted by Gasteiger charge is -2.23. The summed E-state index contributed by atoms with van der Waals surface area (Å²) in [5, 5.41) is 20.0. The Morgan fingerprint density at radius 3 is 1.96 bits per heavy atom. The number of methoxy groups -OCH3 is 2. The van der Waals surface area contributed by atoms with E-state index in [0.29, 0.717) is 28.4 Å². The minimum absolute atomic E-state index is 0.290. The summed E-state index contributed by atoms with van der Waals surface area (Å²) in [5.74, 6) is -2.19. The van der Waals surface area contributed by atoms with Gasteiger partial charge in [0, 0.05) is 17.1 Å². The topological polar surface area (TPSA) is 201 Å². The highest BCUT2D eigenvalue weighted by Crippen LogP contribution is 2.31. The van der Waals surface area contributed by atoms with Crippen molar-refractivity contribution in [1.29, 1.82) is 0 Å². The van der Waals surface area contributed by atoms with E-state index >= 15 is 0 Å². The molecule has 4 amide bonds. The zero-order chi connectivity index (χ0) is 35.1. The van der Waals surface area contributed by atoms with Gasteiger partial charge in [0.25, 0.3) is 0 Å². The summed E-state index contributed by atoms with van der Waals surface area (Å²) >= 11 is 0. The van der Waals surface area contributed by atoms with Crippen molar-refractivity contribution in [3.8, 4) is 11.5 Å². The lowest BCUT2D eigenvalue weighted by Crippen LogP contribution is -2.49. The number of sulfonamides is 1. The molecular formula is C32H41N5O9S. The monoisotopic (exact) mass is 671 g/mol. The fourth-order valence-corrected chi connectivity index (χ4v) is 4.95. The fraction of sp³-hybridized carbons (Fsp3) is 0.312. The normalized spacial score (nSPS) is 11.9. The zero-order valence-corrected chi connectivity index (χ0v) is 27.9. The van der Waals surface area contributed by atoms with Gasteiger partial charge in [-0.05, 0) is 60.5 Å². The molecule has 0 fully saturated rings. The summed E-state index contributed by atoms with van der Waals surface area (Å²) < 4.78 is 36.7. The molecule has 0 bridgehead atoms. The molecule has 0 saturated carbocycles. The molecule has 0 radical (unpaired) electrons. The van der Waals surface area contributed by atoms with Crippen molar-refractivity contribution in [2.45, 2.75) is 45.7 Å². The van der Waals surface area contributed by atoms with Gasteiger partial charge in [0.1, 0.15) is 6.04 Å². The van der Waals surface area contributed by atoms with Gasteiger partial charge in [-0.25, -0.2) is 17.9 Å². The van der Waals surface area contributed by atoms with Gasteiger partial charge < -0.3 is 35.8 Å². The number of aliphatic carboxylic acids is 1. The highest BCUT2D eigenvalue weighted by molar-refractivity contribution is 7.88. The molecule has 0 spiro atoms. The maximum atomic E-state index is 13.2. The molecule has 14 nitrogen and oxygen atoms in total. The van der Waals surface area contributed by atoms with Gasteiger partial charge in [0.05, 0.1) is 39.4 Å². The number of ether oxygens (including phenoxy) is 2. The van der Waals surface area contributed by atoms with Crippen molar-refractivity contribution >= 4 is 50.9 Å². The first-order valence-corrected chi connectivity index (χ1v) is 16.4. The van der Waals surface area contributed by atoms with Gasteiger partial charge in [0.2, 0.25) is 21.8 Å². The number of nitrogens with one attached hydrogen (secondary N) is 5. The molecule has 47 heavy (non-hydrogen) atoms. The van der Waals surface area contributed by atoms with E-state index < -0.39 is 58.8 Å². The van der Waals surface area contributed by atoms with Gasteiger partial charge in [-0.2, -0.15) is 0 Å². The van der Waals surface area contributed by atoms with E-state index in [1.54, 1.807) is 24.3 Å². The molecule has 2 atom stereocenters. The standard InChI is InChI=1S/C30H35N5O9S.C2H6/c1-18-7-5-6-8-22(18)34-30(40)32-21-12-10-20(11-13-21)31-27(36)16-24(35-45(4,41)42)29(39)33-23(17-28(37)38)19-9-14-25(43-2)26(15-19)44-3;1-2/h5-15,23-24,35H,16-17H2,1-4H3,(H,31,36)(H,33,39)(H,37,38)(H2,32,34,40);1-2H3. The number of hydrogen-bond acceptors (Lipinski definition) is 8. The number of benzene rings is 3. The second kappa shape index (κ2) is 18.1. The van der Waals surface area contributed by atoms with E-state index in [0.717, 1.165) is 11.8 Å². The molecular weight excluding hydrogens is 630 g/mol. The van der Waals surface area contributed by atoms with E-state index in [9.17, 15) is 32.7 Å². The maximum Gasteiger partial charge on any atom is 0.323 e. The van der Waals surface area contributed by atoms with E-state index in [2.05, 4.69) is 26.0 Å². The first-order chi connectivity index (χ1) is 22.3.